The minimum atomic E-state index is -4.22. The number of carbonyl (C=O) groups is 2. The standard InChI is InChI=1S/C32H41N3O6S2/c1-7-41-30-11-9-8-10-29(30)35(43(38,39)28-18-16-27(42-6)17-19-28)22-31(36)34(24(4)32(37)33-20-23(2)3)21-25-12-14-26(40-5)15-13-25/h8-19,23-24H,7,20-22H2,1-6H3,(H,33,37)/t24-/m1/s1. The highest BCUT2D eigenvalue weighted by Crippen LogP contribution is 2.33. The molecule has 0 unspecified atom stereocenters. The van der Waals surface area contributed by atoms with Gasteiger partial charge >= 0.3 is 0 Å². The third kappa shape index (κ3) is 8.90. The second-order valence-electron chi connectivity index (χ2n) is 10.3. The van der Waals surface area contributed by atoms with E-state index in [1.165, 1.54) is 28.8 Å². The fraction of sp³-hybridized carbons (Fsp3) is 0.375. The number of hydrogen-bond donors (Lipinski definition) is 1. The first-order chi connectivity index (χ1) is 20.5. The van der Waals surface area contributed by atoms with E-state index >= 15 is 0 Å². The van der Waals surface area contributed by atoms with E-state index in [4.69, 9.17) is 9.47 Å². The van der Waals surface area contributed by atoms with Crippen LogP contribution in [0.1, 0.15) is 33.3 Å². The van der Waals surface area contributed by atoms with E-state index < -0.39 is 28.5 Å². The van der Waals surface area contributed by atoms with Crippen LogP contribution in [0.2, 0.25) is 0 Å². The highest BCUT2D eigenvalue weighted by Gasteiger charge is 2.33. The highest BCUT2D eigenvalue weighted by atomic mass is 32.2. The van der Waals surface area contributed by atoms with Crippen molar-refractivity contribution in [2.75, 3.05) is 37.4 Å². The molecule has 2 amide bonds. The molecule has 0 saturated carbocycles. The zero-order valence-electron chi connectivity index (χ0n) is 25.6. The summed E-state index contributed by atoms with van der Waals surface area (Å²) < 4.78 is 40.4. The average Bonchev–Trinajstić information content (AvgIpc) is 3.01. The summed E-state index contributed by atoms with van der Waals surface area (Å²) in [5.41, 5.74) is 0.988. The molecule has 1 atom stereocenters. The van der Waals surface area contributed by atoms with Gasteiger partial charge in [0.2, 0.25) is 11.8 Å². The van der Waals surface area contributed by atoms with Gasteiger partial charge in [-0.3, -0.25) is 13.9 Å². The molecule has 0 heterocycles. The number of benzene rings is 3. The molecular formula is C32H41N3O6S2. The van der Waals surface area contributed by atoms with Gasteiger partial charge in [-0.2, -0.15) is 0 Å². The van der Waals surface area contributed by atoms with Crippen molar-refractivity contribution in [3.8, 4) is 11.5 Å². The Morgan fingerprint density at radius 3 is 2.19 bits per heavy atom. The van der Waals surface area contributed by atoms with Crippen LogP contribution in [-0.4, -0.2) is 64.2 Å². The molecule has 3 rings (SSSR count). The van der Waals surface area contributed by atoms with Crippen molar-refractivity contribution < 1.29 is 27.5 Å². The molecular weight excluding hydrogens is 587 g/mol. The average molecular weight is 628 g/mol. The summed E-state index contributed by atoms with van der Waals surface area (Å²) in [6.45, 7) is 7.70. The van der Waals surface area contributed by atoms with Crippen molar-refractivity contribution in [3.05, 3.63) is 78.4 Å². The summed E-state index contributed by atoms with van der Waals surface area (Å²) in [4.78, 5) is 29.7. The predicted octanol–water partition coefficient (Wildman–Crippen LogP) is 5.20. The monoisotopic (exact) mass is 627 g/mol. The van der Waals surface area contributed by atoms with E-state index in [1.54, 1.807) is 69.5 Å². The molecule has 0 aliphatic heterocycles. The van der Waals surface area contributed by atoms with Gasteiger partial charge in [0.25, 0.3) is 10.0 Å². The van der Waals surface area contributed by atoms with Crippen LogP contribution >= 0.6 is 11.8 Å². The van der Waals surface area contributed by atoms with Gasteiger partial charge in [-0.1, -0.05) is 38.1 Å². The molecule has 0 aliphatic carbocycles. The van der Waals surface area contributed by atoms with Crippen molar-refractivity contribution in [2.24, 2.45) is 5.92 Å². The molecule has 0 bridgehead atoms. The first-order valence-corrected chi connectivity index (χ1v) is 16.8. The van der Waals surface area contributed by atoms with Gasteiger partial charge in [0.1, 0.15) is 24.1 Å². The second kappa shape index (κ2) is 15.7. The van der Waals surface area contributed by atoms with E-state index in [9.17, 15) is 18.0 Å². The molecule has 232 valence electrons. The number of carbonyl (C=O) groups excluding carboxylic acids is 2. The SMILES string of the molecule is CCOc1ccccc1N(CC(=O)N(Cc1ccc(OC)cc1)[C@H](C)C(=O)NCC(C)C)S(=O)(=O)c1ccc(SC)cc1. The van der Waals surface area contributed by atoms with E-state index in [0.717, 1.165) is 14.8 Å². The predicted molar refractivity (Wildman–Crippen MR) is 171 cm³/mol. The number of nitrogens with one attached hydrogen (secondary N) is 1. The van der Waals surface area contributed by atoms with Crippen LogP contribution in [-0.2, 0) is 26.2 Å². The lowest BCUT2D eigenvalue weighted by molar-refractivity contribution is -0.139. The molecule has 9 nitrogen and oxygen atoms in total. The Kier molecular flexibility index (Phi) is 12.3. The third-order valence-corrected chi connectivity index (χ3v) is 9.24. The molecule has 11 heteroatoms. The van der Waals surface area contributed by atoms with Crippen molar-refractivity contribution >= 4 is 39.3 Å². The zero-order chi connectivity index (χ0) is 31.6. The molecule has 0 fully saturated rings. The van der Waals surface area contributed by atoms with Crippen LogP contribution in [0.3, 0.4) is 0 Å². The summed E-state index contributed by atoms with van der Waals surface area (Å²) in [7, 11) is -2.65. The first-order valence-electron chi connectivity index (χ1n) is 14.1. The summed E-state index contributed by atoms with van der Waals surface area (Å²) in [5, 5.41) is 2.89. The topological polar surface area (TPSA) is 105 Å². The highest BCUT2D eigenvalue weighted by molar-refractivity contribution is 7.98. The molecule has 0 radical (unpaired) electrons. The van der Waals surface area contributed by atoms with Gasteiger partial charge in [0.15, 0.2) is 0 Å². The van der Waals surface area contributed by atoms with Crippen LogP contribution in [0.15, 0.2) is 82.6 Å². The van der Waals surface area contributed by atoms with Crippen molar-refractivity contribution in [1.82, 2.24) is 10.2 Å². The number of para-hydroxylation sites is 2. The number of rotatable bonds is 15. The number of thioether (sulfide) groups is 1. The molecule has 1 N–H and O–H groups in total. The minimum absolute atomic E-state index is 0.0360. The van der Waals surface area contributed by atoms with Gasteiger partial charge < -0.3 is 19.7 Å². The number of nitrogens with zero attached hydrogens (tertiary/aromatic N) is 2. The molecule has 0 aliphatic rings. The molecule has 0 saturated heterocycles. The van der Waals surface area contributed by atoms with E-state index in [-0.39, 0.29) is 29.0 Å². The Morgan fingerprint density at radius 2 is 1.60 bits per heavy atom. The van der Waals surface area contributed by atoms with Gasteiger partial charge in [0.05, 0.1) is 24.3 Å². The Morgan fingerprint density at radius 1 is 0.953 bits per heavy atom. The van der Waals surface area contributed by atoms with E-state index in [0.29, 0.717) is 24.7 Å². The first kappa shape index (κ1) is 33.8. The molecule has 0 aromatic heterocycles. The van der Waals surface area contributed by atoms with Crippen molar-refractivity contribution in [1.29, 1.82) is 0 Å². The van der Waals surface area contributed by atoms with Gasteiger partial charge in [-0.15, -0.1) is 11.8 Å². The van der Waals surface area contributed by atoms with Crippen LogP contribution in [0.25, 0.3) is 0 Å². The Labute approximate surface area is 259 Å². The summed E-state index contributed by atoms with van der Waals surface area (Å²) in [6, 6.07) is 19.5. The Balaban J connectivity index is 2.06. The minimum Gasteiger partial charge on any atom is -0.497 e. The number of ether oxygens (including phenoxy) is 2. The maximum atomic E-state index is 14.2. The second-order valence-corrected chi connectivity index (χ2v) is 13.0. The quantitative estimate of drug-likeness (QED) is 0.231. The number of hydrogen-bond acceptors (Lipinski definition) is 7. The van der Waals surface area contributed by atoms with Gasteiger partial charge in [-0.25, -0.2) is 8.42 Å². The number of amides is 2. The fourth-order valence-electron chi connectivity index (χ4n) is 4.29. The lowest BCUT2D eigenvalue weighted by atomic mass is 10.1. The third-order valence-electron chi connectivity index (χ3n) is 6.72. The smallest absolute Gasteiger partial charge is 0.264 e. The summed E-state index contributed by atoms with van der Waals surface area (Å²) in [6.07, 6.45) is 1.91. The van der Waals surface area contributed by atoms with Gasteiger partial charge in [0, 0.05) is 18.0 Å². The summed E-state index contributed by atoms with van der Waals surface area (Å²) in [5.74, 6) is 0.328. The van der Waals surface area contributed by atoms with Crippen LogP contribution in [0.4, 0.5) is 5.69 Å². The van der Waals surface area contributed by atoms with Crippen LogP contribution < -0.4 is 19.1 Å². The lowest BCUT2D eigenvalue weighted by Crippen LogP contribution is -2.51. The van der Waals surface area contributed by atoms with Crippen LogP contribution in [0, 0.1) is 5.92 Å². The number of sulfonamides is 1. The number of anilines is 1. The maximum Gasteiger partial charge on any atom is 0.264 e. The summed E-state index contributed by atoms with van der Waals surface area (Å²) >= 11 is 1.50. The zero-order valence-corrected chi connectivity index (χ0v) is 27.2. The number of methoxy groups -OCH3 is 1. The fourth-order valence-corrected chi connectivity index (χ4v) is 6.12. The van der Waals surface area contributed by atoms with Gasteiger partial charge in [-0.05, 0) is 80.1 Å². The normalized spacial score (nSPS) is 12.0. The molecule has 43 heavy (non-hydrogen) atoms. The molecule has 3 aromatic carbocycles. The van der Waals surface area contributed by atoms with Crippen molar-refractivity contribution in [3.63, 3.8) is 0 Å². The van der Waals surface area contributed by atoms with E-state index in [2.05, 4.69) is 5.32 Å². The van der Waals surface area contributed by atoms with Crippen LogP contribution in [0.5, 0.6) is 11.5 Å². The Bertz CT molecular complexity index is 1460. The molecule has 3 aromatic rings. The van der Waals surface area contributed by atoms with Crippen molar-refractivity contribution in [2.45, 2.75) is 50.1 Å². The molecule has 0 spiro atoms. The maximum absolute atomic E-state index is 14.2. The lowest BCUT2D eigenvalue weighted by Gasteiger charge is -2.32. The Hall–Kier alpha value is -3.70. The largest absolute Gasteiger partial charge is 0.497 e. The van der Waals surface area contributed by atoms with E-state index in [1.807, 2.05) is 32.2 Å².